The van der Waals surface area contributed by atoms with Crippen LogP contribution in [0.2, 0.25) is 0 Å². The predicted octanol–water partition coefficient (Wildman–Crippen LogP) is 3.04. The normalized spacial score (nSPS) is 13.7. The van der Waals surface area contributed by atoms with Crippen LogP contribution in [-0.4, -0.2) is 29.0 Å². The zero-order valence-corrected chi connectivity index (χ0v) is 12.4. The van der Waals surface area contributed by atoms with Crippen LogP contribution >= 0.6 is 11.8 Å². The lowest BCUT2D eigenvalue weighted by Crippen LogP contribution is -2.35. The molecule has 1 aromatic heterocycles. The van der Waals surface area contributed by atoms with Crippen molar-refractivity contribution >= 4 is 29.1 Å². The Morgan fingerprint density at radius 1 is 1.14 bits per heavy atom. The van der Waals surface area contributed by atoms with E-state index >= 15 is 0 Å². The summed E-state index contributed by atoms with van der Waals surface area (Å²) in [6.07, 6.45) is 1.74. The van der Waals surface area contributed by atoms with E-state index in [0.717, 1.165) is 16.5 Å². The van der Waals surface area contributed by atoms with Crippen LogP contribution in [0.4, 0.5) is 5.69 Å². The maximum Gasteiger partial charge on any atom is 0.258 e. The summed E-state index contributed by atoms with van der Waals surface area (Å²) in [7, 11) is 0. The Morgan fingerprint density at radius 2 is 1.86 bits per heavy atom. The molecule has 21 heavy (non-hydrogen) atoms. The maximum absolute atomic E-state index is 12.6. The van der Waals surface area contributed by atoms with Gasteiger partial charge >= 0.3 is 0 Å². The van der Waals surface area contributed by atoms with Gasteiger partial charge < -0.3 is 4.90 Å². The third kappa shape index (κ3) is 2.69. The molecule has 106 valence electrons. The van der Waals surface area contributed by atoms with E-state index in [1.807, 2.05) is 12.1 Å². The van der Waals surface area contributed by atoms with E-state index in [1.165, 1.54) is 6.92 Å². The van der Waals surface area contributed by atoms with E-state index in [0.29, 0.717) is 17.7 Å². The van der Waals surface area contributed by atoms with Crippen LogP contribution < -0.4 is 4.90 Å². The second kappa shape index (κ2) is 5.69. The first-order chi connectivity index (χ1) is 10.2. The summed E-state index contributed by atoms with van der Waals surface area (Å²) in [6.45, 7) is 2.18. The average Bonchev–Trinajstić information content (AvgIpc) is 2.53. The van der Waals surface area contributed by atoms with E-state index in [1.54, 1.807) is 47.1 Å². The number of ketones is 1. The van der Waals surface area contributed by atoms with Crippen molar-refractivity contribution in [1.29, 1.82) is 0 Å². The molecule has 0 bridgehead atoms. The molecule has 0 fully saturated rings. The predicted molar refractivity (Wildman–Crippen MR) is 83.1 cm³/mol. The number of carbonyl (C=O) groups is 2. The fraction of sp³-hybridized carbons (Fsp3) is 0.188. The van der Waals surface area contributed by atoms with Gasteiger partial charge in [0.1, 0.15) is 5.03 Å². The smallest absolute Gasteiger partial charge is 0.258 e. The highest BCUT2D eigenvalue weighted by Gasteiger charge is 2.24. The zero-order chi connectivity index (χ0) is 14.8. The van der Waals surface area contributed by atoms with Gasteiger partial charge in [0, 0.05) is 29.6 Å². The van der Waals surface area contributed by atoms with Gasteiger partial charge in [-0.2, -0.15) is 0 Å². The number of hydrogen-bond acceptors (Lipinski definition) is 4. The Labute approximate surface area is 127 Å². The lowest BCUT2D eigenvalue weighted by Gasteiger charge is -2.28. The Hall–Kier alpha value is -2.14. The zero-order valence-electron chi connectivity index (χ0n) is 11.6. The van der Waals surface area contributed by atoms with Crippen LogP contribution in [0.1, 0.15) is 27.6 Å². The van der Waals surface area contributed by atoms with E-state index in [4.69, 9.17) is 0 Å². The Morgan fingerprint density at radius 3 is 2.57 bits per heavy atom. The minimum atomic E-state index is -0.0559. The molecule has 0 unspecified atom stereocenters. The number of fused-ring (bicyclic) bond motifs is 1. The monoisotopic (exact) mass is 298 g/mol. The number of amides is 1. The largest absolute Gasteiger partial charge is 0.305 e. The second-order valence-corrected chi connectivity index (χ2v) is 5.85. The summed E-state index contributed by atoms with van der Waals surface area (Å²) in [5.41, 5.74) is 2.05. The number of thioether (sulfide) groups is 1. The number of benzene rings is 1. The van der Waals surface area contributed by atoms with Gasteiger partial charge in [-0.15, -0.1) is 11.8 Å². The molecule has 5 heteroatoms. The molecule has 1 aromatic carbocycles. The lowest BCUT2D eigenvalue weighted by atomic mass is 10.1. The molecule has 0 N–H and O–H groups in total. The molecule has 1 aliphatic rings. The molecule has 0 saturated heterocycles. The molecule has 4 nitrogen and oxygen atoms in total. The van der Waals surface area contributed by atoms with Crippen molar-refractivity contribution in [3.05, 3.63) is 53.7 Å². The van der Waals surface area contributed by atoms with Gasteiger partial charge in [-0.25, -0.2) is 4.98 Å². The first-order valence-corrected chi connectivity index (χ1v) is 7.66. The lowest BCUT2D eigenvalue weighted by molar-refractivity contribution is 0.0983. The van der Waals surface area contributed by atoms with E-state index in [2.05, 4.69) is 4.98 Å². The number of hydrogen-bond donors (Lipinski definition) is 0. The number of pyridine rings is 1. The third-order valence-electron chi connectivity index (χ3n) is 3.38. The molecule has 0 radical (unpaired) electrons. The van der Waals surface area contributed by atoms with Crippen molar-refractivity contribution in [2.75, 3.05) is 17.2 Å². The highest BCUT2D eigenvalue weighted by atomic mass is 32.2. The molecule has 0 aliphatic carbocycles. The topological polar surface area (TPSA) is 50.3 Å². The van der Waals surface area contributed by atoms with E-state index in [-0.39, 0.29) is 11.7 Å². The standard InChI is InChI=1S/C16H14N2O2S/c1-11(19)12-4-6-13(7-5-12)16(20)18-9-10-21-15-14(18)3-2-8-17-15/h2-8H,9-10H2,1H3. The fourth-order valence-electron chi connectivity index (χ4n) is 2.27. The van der Waals surface area contributed by atoms with Gasteiger partial charge in [0.05, 0.1) is 5.69 Å². The molecule has 0 atom stereocenters. The van der Waals surface area contributed by atoms with Crippen LogP contribution in [0.25, 0.3) is 0 Å². The van der Waals surface area contributed by atoms with Gasteiger partial charge in [0.25, 0.3) is 5.91 Å². The number of rotatable bonds is 2. The van der Waals surface area contributed by atoms with Gasteiger partial charge in [-0.1, -0.05) is 12.1 Å². The van der Waals surface area contributed by atoms with Crippen molar-refractivity contribution < 1.29 is 9.59 Å². The Balaban J connectivity index is 1.91. The number of aromatic nitrogens is 1. The van der Waals surface area contributed by atoms with Crippen LogP contribution in [0.5, 0.6) is 0 Å². The molecule has 2 aromatic rings. The van der Waals surface area contributed by atoms with E-state index in [9.17, 15) is 9.59 Å². The van der Waals surface area contributed by atoms with E-state index < -0.39 is 0 Å². The molecule has 2 heterocycles. The summed E-state index contributed by atoms with van der Waals surface area (Å²) < 4.78 is 0. The first kappa shape index (κ1) is 13.8. The summed E-state index contributed by atoms with van der Waals surface area (Å²) in [5.74, 6) is 0.777. The highest BCUT2D eigenvalue weighted by molar-refractivity contribution is 7.99. The van der Waals surface area contributed by atoms with Crippen molar-refractivity contribution in [3.8, 4) is 0 Å². The molecule has 0 spiro atoms. The van der Waals surface area contributed by atoms with Crippen LogP contribution in [-0.2, 0) is 0 Å². The summed E-state index contributed by atoms with van der Waals surface area (Å²) >= 11 is 1.66. The minimum Gasteiger partial charge on any atom is -0.305 e. The fourth-order valence-corrected chi connectivity index (χ4v) is 3.20. The third-order valence-corrected chi connectivity index (χ3v) is 4.35. The Bertz CT molecular complexity index is 698. The molecular formula is C16H14N2O2S. The molecular weight excluding hydrogens is 284 g/mol. The highest BCUT2D eigenvalue weighted by Crippen LogP contribution is 2.33. The summed E-state index contributed by atoms with van der Waals surface area (Å²) in [4.78, 5) is 30.0. The van der Waals surface area contributed by atoms with Crippen molar-refractivity contribution in [1.82, 2.24) is 4.98 Å². The van der Waals surface area contributed by atoms with Crippen molar-refractivity contribution in [2.24, 2.45) is 0 Å². The van der Waals surface area contributed by atoms with Crippen LogP contribution in [0.15, 0.2) is 47.6 Å². The number of Topliss-reactive ketones (excluding diaryl/α,β-unsaturated/α-hetero) is 1. The summed E-state index contributed by atoms with van der Waals surface area (Å²) in [6, 6.07) is 10.5. The van der Waals surface area contributed by atoms with Crippen molar-refractivity contribution in [2.45, 2.75) is 11.9 Å². The van der Waals surface area contributed by atoms with Gasteiger partial charge in [0.15, 0.2) is 5.78 Å². The molecule has 1 amide bonds. The SMILES string of the molecule is CC(=O)c1ccc(C(=O)N2CCSc3ncccc32)cc1. The van der Waals surface area contributed by atoms with Gasteiger partial charge in [-0.3, -0.25) is 9.59 Å². The first-order valence-electron chi connectivity index (χ1n) is 6.67. The quantitative estimate of drug-likeness (QED) is 0.800. The van der Waals surface area contributed by atoms with Crippen LogP contribution in [0, 0.1) is 0 Å². The average molecular weight is 298 g/mol. The second-order valence-electron chi connectivity index (χ2n) is 4.77. The minimum absolute atomic E-state index is 0.00193. The molecule has 0 saturated carbocycles. The molecule has 3 rings (SSSR count). The van der Waals surface area contributed by atoms with Gasteiger partial charge in [0.2, 0.25) is 0 Å². The van der Waals surface area contributed by atoms with Crippen molar-refractivity contribution in [3.63, 3.8) is 0 Å². The Kier molecular flexibility index (Phi) is 3.75. The summed E-state index contributed by atoms with van der Waals surface area (Å²) in [5, 5.41) is 0.887. The number of carbonyl (C=O) groups excluding carboxylic acids is 2. The molecule has 1 aliphatic heterocycles. The van der Waals surface area contributed by atoms with Gasteiger partial charge in [-0.05, 0) is 31.2 Å². The maximum atomic E-state index is 12.6. The van der Waals surface area contributed by atoms with Crippen LogP contribution in [0.3, 0.4) is 0 Å². The number of nitrogens with zero attached hydrogens (tertiary/aromatic N) is 2. The number of anilines is 1.